The highest BCUT2D eigenvalue weighted by Gasteiger charge is 2.13. The monoisotopic (exact) mass is 250 g/mol. The van der Waals surface area contributed by atoms with E-state index in [4.69, 9.17) is 10.5 Å². The maximum absolute atomic E-state index is 5.89. The summed E-state index contributed by atoms with van der Waals surface area (Å²) in [7, 11) is 0. The van der Waals surface area contributed by atoms with Crippen molar-refractivity contribution in [3.8, 4) is 5.75 Å². The van der Waals surface area contributed by atoms with E-state index in [0.29, 0.717) is 18.6 Å². The second-order valence-electron chi connectivity index (χ2n) is 4.73. The van der Waals surface area contributed by atoms with E-state index in [-0.39, 0.29) is 0 Å². The predicted octanol–water partition coefficient (Wildman–Crippen LogP) is 3.90. The van der Waals surface area contributed by atoms with Crippen molar-refractivity contribution in [1.29, 1.82) is 0 Å². The first-order chi connectivity index (χ1) is 8.60. The normalized spacial score (nSPS) is 12.5. The van der Waals surface area contributed by atoms with Crippen LogP contribution in [0.25, 0.3) is 0 Å². The lowest BCUT2D eigenvalue weighted by atomic mass is 9.95. The standard InChI is InChI=1S/C15H26N2O/c1-5-12(6-2)11(4)17-14-8-13(16)9-15(10-14)18-7-3/h8-12,17H,5-7,16H2,1-4H3. The van der Waals surface area contributed by atoms with Crippen LogP contribution in [0.15, 0.2) is 18.2 Å². The molecule has 0 heterocycles. The number of anilines is 2. The Morgan fingerprint density at radius 2 is 1.83 bits per heavy atom. The number of hydrogen-bond donors (Lipinski definition) is 2. The number of ether oxygens (including phenoxy) is 1. The Balaban J connectivity index is 2.77. The van der Waals surface area contributed by atoms with Crippen molar-refractivity contribution in [3.63, 3.8) is 0 Å². The maximum Gasteiger partial charge on any atom is 0.123 e. The van der Waals surface area contributed by atoms with Gasteiger partial charge in [-0.1, -0.05) is 26.7 Å². The molecule has 1 aromatic rings. The number of nitrogens with two attached hydrogens (primary N) is 1. The summed E-state index contributed by atoms with van der Waals surface area (Å²) in [6.07, 6.45) is 2.37. The highest BCUT2D eigenvalue weighted by Crippen LogP contribution is 2.25. The molecule has 1 rings (SSSR count). The van der Waals surface area contributed by atoms with Crippen molar-refractivity contribution in [2.45, 2.75) is 46.6 Å². The molecule has 0 aromatic heterocycles. The van der Waals surface area contributed by atoms with Gasteiger partial charge in [-0.15, -0.1) is 0 Å². The lowest BCUT2D eigenvalue weighted by Gasteiger charge is -2.24. The first kappa shape index (κ1) is 14.7. The quantitative estimate of drug-likeness (QED) is 0.721. The highest BCUT2D eigenvalue weighted by atomic mass is 16.5. The van der Waals surface area contributed by atoms with Crippen LogP contribution in [0.5, 0.6) is 5.75 Å². The molecule has 0 saturated carbocycles. The molecule has 1 atom stereocenters. The molecule has 3 N–H and O–H groups in total. The fourth-order valence-electron chi connectivity index (χ4n) is 2.33. The van der Waals surface area contributed by atoms with E-state index in [2.05, 4.69) is 26.1 Å². The van der Waals surface area contributed by atoms with Gasteiger partial charge in [-0.3, -0.25) is 0 Å². The smallest absolute Gasteiger partial charge is 0.123 e. The lowest BCUT2D eigenvalue weighted by Crippen LogP contribution is -2.25. The Labute approximate surface area is 111 Å². The molecule has 102 valence electrons. The third kappa shape index (κ3) is 4.13. The lowest BCUT2D eigenvalue weighted by molar-refractivity contribution is 0.340. The minimum Gasteiger partial charge on any atom is -0.494 e. The van der Waals surface area contributed by atoms with Crippen molar-refractivity contribution in [2.75, 3.05) is 17.7 Å². The number of nitrogen functional groups attached to an aromatic ring is 1. The first-order valence-electron chi connectivity index (χ1n) is 6.90. The maximum atomic E-state index is 5.89. The van der Waals surface area contributed by atoms with Gasteiger partial charge in [0.25, 0.3) is 0 Å². The largest absolute Gasteiger partial charge is 0.494 e. The Morgan fingerprint density at radius 3 is 2.39 bits per heavy atom. The van der Waals surface area contributed by atoms with Gasteiger partial charge in [0.15, 0.2) is 0 Å². The van der Waals surface area contributed by atoms with Gasteiger partial charge in [0.1, 0.15) is 5.75 Å². The summed E-state index contributed by atoms with van der Waals surface area (Å²) in [4.78, 5) is 0. The molecule has 0 spiro atoms. The molecule has 0 radical (unpaired) electrons. The summed E-state index contributed by atoms with van der Waals surface area (Å²) in [5.74, 6) is 1.51. The summed E-state index contributed by atoms with van der Waals surface area (Å²) >= 11 is 0. The minimum atomic E-state index is 0.441. The van der Waals surface area contributed by atoms with E-state index in [1.165, 1.54) is 12.8 Å². The molecule has 0 aliphatic heterocycles. The summed E-state index contributed by atoms with van der Waals surface area (Å²) < 4.78 is 5.50. The summed E-state index contributed by atoms with van der Waals surface area (Å²) in [5, 5.41) is 3.52. The van der Waals surface area contributed by atoms with Gasteiger partial charge in [-0.2, -0.15) is 0 Å². The molecule has 0 fully saturated rings. The molecule has 0 aliphatic rings. The van der Waals surface area contributed by atoms with Crippen LogP contribution in [0.1, 0.15) is 40.5 Å². The summed E-state index contributed by atoms with van der Waals surface area (Å²) in [5.41, 5.74) is 7.66. The van der Waals surface area contributed by atoms with E-state index in [9.17, 15) is 0 Å². The van der Waals surface area contributed by atoms with Crippen LogP contribution in [-0.4, -0.2) is 12.6 Å². The van der Waals surface area contributed by atoms with Gasteiger partial charge in [0.05, 0.1) is 6.61 Å². The Morgan fingerprint density at radius 1 is 1.17 bits per heavy atom. The van der Waals surface area contributed by atoms with Crippen LogP contribution in [-0.2, 0) is 0 Å². The Kier molecular flexibility index (Phi) is 5.83. The predicted molar refractivity (Wildman–Crippen MR) is 79.2 cm³/mol. The fourth-order valence-corrected chi connectivity index (χ4v) is 2.33. The van der Waals surface area contributed by atoms with Crippen LogP contribution in [0.4, 0.5) is 11.4 Å². The number of hydrogen-bond acceptors (Lipinski definition) is 3. The Hall–Kier alpha value is -1.38. The Bertz CT molecular complexity index is 362. The molecular formula is C15H26N2O. The summed E-state index contributed by atoms with van der Waals surface area (Å²) in [6.45, 7) is 9.32. The molecule has 1 unspecified atom stereocenters. The minimum absolute atomic E-state index is 0.441. The summed E-state index contributed by atoms with van der Waals surface area (Å²) in [6, 6.07) is 6.27. The molecule has 1 aromatic carbocycles. The van der Waals surface area contributed by atoms with Gasteiger partial charge in [0, 0.05) is 29.5 Å². The van der Waals surface area contributed by atoms with Gasteiger partial charge in [0.2, 0.25) is 0 Å². The molecule has 0 amide bonds. The molecule has 0 bridgehead atoms. The van der Waals surface area contributed by atoms with Crippen LogP contribution in [0.3, 0.4) is 0 Å². The molecule has 3 nitrogen and oxygen atoms in total. The second kappa shape index (κ2) is 7.14. The highest BCUT2D eigenvalue weighted by molar-refractivity contribution is 5.59. The molecule has 3 heteroatoms. The van der Waals surface area contributed by atoms with E-state index in [1.807, 2.05) is 25.1 Å². The van der Waals surface area contributed by atoms with Crippen LogP contribution in [0.2, 0.25) is 0 Å². The van der Waals surface area contributed by atoms with E-state index >= 15 is 0 Å². The average Bonchev–Trinajstić information content (AvgIpc) is 2.30. The van der Waals surface area contributed by atoms with Crippen molar-refractivity contribution in [1.82, 2.24) is 0 Å². The van der Waals surface area contributed by atoms with Crippen LogP contribution < -0.4 is 15.8 Å². The van der Waals surface area contributed by atoms with Crippen molar-refractivity contribution in [3.05, 3.63) is 18.2 Å². The van der Waals surface area contributed by atoms with Crippen LogP contribution in [0, 0.1) is 5.92 Å². The van der Waals surface area contributed by atoms with E-state index in [1.54, 1.807) is 0 Å². The topological polar surface area (TPSA) is 47.3 Å². The average molecular weight is 250 g/mol. The molecular weight excluding hydrogens is 224 g/mol. The second-order valence-corrected chi connectivity index (χ2v) is 4.73. The first-order valence-corrected chi connectivity index (χ1v) is 6.90. The van der Waals surface area contributed by atoms with Crippen molar-refractivity contribution in [2.24, 2.45) is 5.92 Å². The number of nitrogens with one attached hydrogen (secondary N) is 1. The number of benzene rings is 1. The SMILES string of the molecule is CCOc1cc(N)cc(NC(C)C(CC)CC)c1. The number of rotatable bonds is 7. The fraction of sp³-hybridized carbons (Fsp3) is 0.600. The van der Waals surface area contributed by atoms with E-state index < -0.39 is 0 Å². The molecule has 18 heavy (non-hydrogen) atoms. The van der Waals surface area contributed by atoms with Gasteiger partial charge in [-0.25, -0.2) is 0 Å². The van der Waals surface area contributed by atoms with Crippen LogP contribution >= 0.6 is 0 Å². The van der Waals surface area contributed by atoms with Gasteiger partial charge >= 0.3 is 0 Å². The third-order valence-electron chi connectivity index (χ3n) is 3.39. The van der Waals surface area contributed by atoms with Crippen molar-refractivity contribution >= 4 is 11.4 Å². The third-order valence-corrected chi connectivity index (χ3v) is 3.39. The van der Waals surface area contributed by atoms with E-state index in [0.717, 1.165) is 17.1 Å². The zero-order valence-electron chi connectivity index (χ0n) is 12.0. The zero-order valence-corrected chi connectivity index (χ0v) is 12.0. The van der Waals surface area contributed by atoms with Gasteiger partial charge in [-0.05, 0) is 25.8 Å². The van der Waals surface area contributed by atoms with Gasteiger partial charge < -0.3 is 15.8 Å². The molecule has 0 saturated heterocycles. The zero-order chi connectivity index (χ0) is 13.5. The molecule has 0 aliphatic carbocycles. The van der Waals surface area contributed by atoms with Crippen molar-refractivity contribution < 1.29 is 4.74 Å².